The second-order valence-corrected chi connectivity index (χ2v) is 5.34. The molecule has 1 aliphatic rings. The van der Waals surface area contributed by atoms with Crippen molar-refractivity contribution in [2.45, 2.75) is 25.0 Å². The van der Waals surface area contributed by atoms with Crippen molar-refractivity contribution in [3.8, 4) is 0 Å². The van der Waals surface area contributed by atoms with Crippen molar-refractivity contribution in [2.24, 2.45) is 0 Å². The molecular weight excluding hydrogens is 285 g/mol. The third-order valence-electron chi connectivity index (χ3n) is 3.94. The number of hydrogen-bond acceptors (Lipinski definition) is 4. The second-order valence-electron chi connectivity index (χ2n) is 5.34. The van der Waals surface area contributed by atoms with E-state index in [2.05, 4.69) is 9.97 Å². The van der Waals surface area contributed by atoms with E-state index in [-0.39, 0.29) is 11.6 Å². The van der Waals surface area contributed by atoms with Crippen molar-refractivity contribution in [3.05, 3.63) is 59.9 Å². The van der Waals surface area contributed by atoms with Gasteiger partial charge in [-0.15, -0.1) is 0 Å². The van der Waals surface area contributed by atoms with Gasteiger partial charge in [0.1, 0.15) is 0 Å². The SMILES string of the molecule is O=C(c1ccncc1F)N1CC[C@@H](O)[C@@H]1Cc1cccnc1. The van der Waals surface area contributed by atoms with Gasteiger partial charge in [-0.3, -0.25) is 14.8 Å². The number of aliphatic hydroxyl groups is 1. The Bertz CT molecular complexity index is 665. The molecule has 6 heteroatoms. The molecular formula is C16H16FN3O2. The van der Waals surface area contributed by atoms with Crippen molar-refractivity contribution >= 4 is 5.91 Å². The zero-order valence-electron chi connectivity index (χ0n) is 11.9. The fraction of sp³-hybridized carbons (Fsp3) is 0.312. The molecule has 5 nitrogen and oxygen atoms in total. The molecule has 0 bridgehead atoms. The van der Waals surface area contributed by atoms with Gasteiger partial charge in [-0.05, 0) is 30.5 Å². The van der Waals surface area contributed by atoms with Crippen LogP contribution in [0.5, 0.6) is 0 Å². The molecule has 3 heterocycles. The number of amides is 1. The lowest BCUT2D eigenvalue weighted by atomic mass is 10.0. The van der Waals surface area contributed by atoms with Gasteiger partial charge in [0.2, 0.25) is 0 Å². The number of nitrogens with zero attached hydrogens (tertiary/aromatic N) is 3. The molecule has 0 aromatic carbocycles. The van der Waals surface area contributed by atoms with E-state index < -0.39 is 17.8 Å². The van der Waals surface area contributed by atoms with Crippen molar-refractivity contribution in [1.29, 1.82) is 0 Å². The summed E-state index contributed by atoms with van der Waals surface area (Å²) in [5.41, 5.74) is 0.918. The highest BCUT2D eigenvalue weighted by atomic mass is 19.1. The highest BCUT2D eigenvalue weighted by Gasteiger charge is 2.37. The van der Waals surface area contributed by atoms with Gasteiger partial charge < -0.3 is 10.0 Å². The predicted octanol–water partition coefficient (Wildman–Crippen LogP) is 1.43. The Morgan fingerprint density at radius 2 is 2.14 bits per heavy atom. The first kappa shape index (κ1) is 14.6. The van der Waals surface area contributed by atoms with E-state index in [1.807, 2.05) is 12.1 Å². The third kappa shape index (κ3) is 2.82. The Morgan fingerprint density at radius 3 is 2.86 bits per heavy atom. The number of rotatable bonds is 3. The molecule has 0 unspecified atom stereocenters. The Hall–Kier alpha value is -2.34. The van der Waals surface area contributed by atoms with Crippen LogP contribution in [0.25, 0.3) is 0 Å². The zero-order chi connectivity index (χ0) is 15.5. The molecule has 0 radical (unpaired) electrons. The highest BCUT2D eigenvalue weighted by Crippen LogP contribution is 2.24. The molecule has 1 N–H and O–H groups in total. The van der Waals surface area contributed by atoms with Gasteiger partial charge in [0.15, 0.2) is 5.82 Å². The number of halogens is 1. The van der Waals surface area contributed by atoms with Crippen LogP contribution in [-0.2, 0) is 6.42 Å². The maximum Gasteiger partial charge on any atom is 0.257 e. The van der Waals surface area contributed by atoms with Crippen LogP contribution >= 0.6 is 0 Å². The van der Waals surface area contributed by atoms with E-state index in [0.29, 0.717) is 19.4 Å². The van der Waals surface area contributed by atoms with Gasteiger partial charge >= 0.3 is 0 Å². The van der Waals surface area contributed by atoms with Crippen molar-refractivity contribution in [3.63, 3.8) is 0 Å². The van der Waals surface area contributed by atoms with Gasteiger partial charge in [0, 0.05) is 25.1 Å². The van der Waals surface area contributed by atoms with E-state index >= 15 is 0 Å². The van der Waals surface area contributed by atoms with Gasteiger partial charge in [-0.2, -0.15) is 0 Å². The molecule has 1 amide bonds. The Balaban J connectivity index is 1.83. The Labute approximate surface area is 127 Å². The van der Waals surface area contributed by atoms with Crippen LogP contribution < -0.4 is 0 Å². The molecule has 1 fully saturated rings. The maximum atomic E-state index is 13.8. The fourth-order valence-electron chi connectivity index (χ4n) is 2.80. The van der Waals surface area contributed by atoms with Gasteiger partial charge in [0.25, 0.3) is 5.91 Å². The van der Waals surface area contributed by atoms with Crippen LogP contribution in [0.2, 0.25) is 0 Å². The lowest BCUT2D eigenvalue weighted by Gasteiger charge is -2.26. The monoisotopic (exact) mass is 301 g/mol. The fourth-order valence-corrected chi connectivity index (χ4v) is 2.80. The summed E-state index contributed by atoms with van der Waals surface area (Å²) in [7, 11) is 0. The number of aliphatic hydroxyl groups excluding tert-OH is 1. The third-order valence-corrected chi connectivity index (χ3v) is 3.94. The van der Waals surface area contributed by atoms with Crippen LogP contribution in [0.3, 0.4) is 0 Å². The summed E-state index contributed by atoms with van der Waals surface area (Å²) in [5, 5.41) is 10.2. The van der Waals surface area contributed by atoms with Crippen LogP contribution in [0.4, 0.5) is 4.39 Å². The summed E-state index contributed by atoms with van der Waals surface area (Å²) in [5.74, 6) is -1.06. The topological polar surface area (TPSA) is 66.3 Å². The molecule has 0 aliphatic carbocycles. The van der Waals surface area contributed by atoms with E-state index in [1.165, 1.54) is 17.2 Å². The Morgan fingerprint density at radius 1 is 1.32 bits per heavy atom. The molecule has 2 aromatic heterocycles. The minimum Gasteiger partial charge on any atom is -0.391 e. The van der Waals surface area contributed by atoms with Gasteiger partial charge in [-0.1, -0.05) is 6.07 Å². The minimum atomic E-state index is -0.644. The first-order valence-electron chi connectivity index (χ1n) is 7.14. The first-order chi connectivity index (χ1) is 10.7. The molecule has 114 valence electrons. The number of carbonyl (C=O) groups is 1. The summed E-state index contributed by atoms with van der Waals surface area (Å²) < 4.78 is 13.8. The zero-order valence-corrected chi connectivity index (χ0v) is 11.9. The Kier molecular flexibility index (Phi) is 4.11. The lowest BCUT2D eigenvalue weighted by Crippen LogP contribution is -2.41. The molecule has 3 rings (SSSR count). The number of likely N-dealkylation sites (tertiary alicyclic amines) is 1. The van der Waals surface area contributed by atoms with Crippen LogP contribution in [0.1, 0.15) is 22.3 Å². The summed E-state index contributed by atoms with van der Waals surface area (Å²) >= 11 is 0. The number of hydrogen-bond donors (Lipinski definition) is 1. The molecule has 2 aromatic rings. The van der Waals surface area contributed by atoms with Crippen LogP contribution in [-0.4, -0.2) is 44.6 Å². The van der Waals surface area contributed by atoms with Crippen molar-refractivity contribution in [2.75, 3.05) is 6.54 Å². The van der Waals surface area contributed by atoms with E-state index in [4.69, 9.17) is 0 Å². The summed E-state index contributed by atoms with van der Waals surface area (Å²) in [6.45, 7) is 0.409. The van der Waals surface area contributed by atoms with E-state index in [1.54, 1.807) is 12.4 Å². The molecule has 0 spiro atoms. The quantitative estimate of drug-likeness (QED) is 0.931. The number of aromatic nitrogens is 2. The molecule has 1 saturated heterocycles. The van der Waals surface area contributed by atoms with Gasteiger partial charge in [0.05, 0.1) is 23.9 Å². The van der Waals surface area contributed by atoms with Crippen LogP contribution in [0.15, 0.2) is 43.0 Å². The predicted molar refractivity (Wildman–Crippen MR) is 77.6 cm³/mol. The molecule has 0 saturated carbocycles. The van der Waals surface area contributed by atoms with Crippen molar-refractivity contribution < 1.29 is 14.3 Å². The summed E-state index contributed by atoms with van der Waals surface area (Å²) in [6.07, 6.45) is 6.16. The van der Waals surface area contributed by atoms with Crippen molar-refractivity contribution in [1.82, 2.24) is 14.9 Å². The smallest absolute Gasteiger partial charge is 0.257 e. The summed E-state index contributed by atoms with van der Waals surface area (Å²) in [6, 6.07) is 4.70. The van der Waals surface area contributed by atoms with E-state index in [0.717, 1.165) is 11.8 Å². The van der Waals surface area contributed by atoms with Gasteiger partial charge in [-0.25, -0.2) is 4.39 Å². The average molecular weight is 301 g/mol. The summed E-state index contributed by atoms with van der Waals surface area (Å²) in [4.78, 5) is 21.8. The highest BCUT2D eigenvalue weighted by molar-refractivity contribution is 5.94. The normalized spacial score (nSPS) is 21.1. The largest absolute Gasteiger partial charge is 0.391 e. The molecule has 22 heavy (non-hydrogen) atoms. The van der Waals surface area contributed by atoms with E-state index in [9.17, 15) is 14.3 Å². The second kappa shape index (κ2) is 6.19. The maximum absolute atomic E-state index is 13.8. The number of pyridine rings is 2. The molecule has 2 atom stereocenters. The first-order valence-corrected chi connectivity index (χ1v) is 7.14. The average Bonchev–Trinajstić information content (AvgIpc) is 2.89. The standard InChI is InChI=1S/C16H16FN3O2/c17-13-10-19-6-3-12(13)16(22)20-7-4-15(21)14(20)8-11-2-1-5-18-9-11/h1-3,5-6,9-10,14-15,21H,4,7-8H2/t14-,15+/m0/s1. The lowest BCUT2D eigenvalue weighted by molar-refractivity contribution is 0.0635. The number of carbonyl (C=O) groups excluding carboxylic acids is 1. The molecule has 1 aliphatic heterocycles. The van der Waals surface area contributed by atoms with Crippen LogP contribution in [0, 0.1) is 5.82 Å². The minimum absolute atomic E-state index is 0.0136.